The molecule has 1 aliphatic rings. The summed E-state index contributed by atoms with van der Waals surface area (Å²) in [5.41, 5.74) is 8.01. The van der Waals surface area contributed by atoms with Crippen LogP contribution in [0.25, 0.3) is 21.3 Å². The van der Waals surface area contributed by atoms with Crippen LogP contribution in [0.15, 0.2) is 47.2 Å². The number of aromatic nitrogens is 2. The highest BCUT2D eigenvalue weighted by molar-refractivity contribution is 7.20. The lowest BCUT2D eigenvalue weighted by Gasteiger charge is -2.27. The Morgan fingerprint density at radius 2 is 2.32 bits per heavy atom. The van der Waals surface area contributed by atoms with Gasteiger partial charge < -0.3 is 19.8 Å². The molecule has 0 saturated carbocycles. The van der Waals surface area contributed by atoms with Gasteiger partial charge in [0, 0.05) is 48.9 Å². The van der Waals surface area contributed by atoms with Gasteiger partial charge in [0.2, 0.25) is 0 Å². The Bertz CT molecular complexity index is 1200. The number of furan rings is 1. The van der Waals surface area contributed by atoms with Crippen LogP contribution in [0.3, 0.4) is 0 Å². The van der Waals surface area contributed by atoms with Crippen molar-refractivity contribution in [1.29, 1.82) is 0 Å². The number of pyridine rings is 1. The van der Waals surface area contributed by atoms with E-state index in [0.29, 0.717) is 35.7 Å². The molecule has 5 rings (SSSR count). The number of carbonyl (C=O) groups is 1. The highest BCUT2D eigenvalue weighted by Crippen LogP contribution is 2.33. The van der Waals surface area contributed by atoms with Gasteiger partial charge in [0.05, 0.1) is 11.0 Å². The Kier molecular flexibility index (Phi) is 5.21. The Morgan fingerprint density at radius 3 is 3.10 bits per heavy atom. The van der Waals surface area contributed by atoms with E-state index in [9.17, 15) is 4.79 Å². The average molecular weight is 438 g/mol. The number of amides is 2. The van der Waals surface area contributed by atoms with E-state index in [4.69, 9.17) is 14.9 Å². The summed E-state index contributed by atoms with van der Waals surface area (Å²) in [4.78, 5) is 24.2. The zero-order chi connectivity index (χ0) is 21.4. The van der Waals surface area contributed by atoms with Crippen molar-refractivity contribution >= 4 is 38.7 Å². The van der Waals surface area contributed by atoms with Gasteiger partial charge in [0.15, 0.2) is 5.65 Å². The first-order valence-electron chi connectivity index (χ1n) is 10.3. The number of carbonyl (C=O) groups excluding carboxylic acids is 1. The van der Waals surface area contributed by atoms with Crippen molar-refractivity contribution in [2.75, 3.05) is 19.6 Å². The number of likely N-dealkylation sites (N-methyl/N-ethyl adjacent to an activating group) is 1. The van der Waals surface area contributed by atoms with E-state index in [1.165, 1.54) is 11.3 Å². The first-order chi connectivity index (χ1) is 15.1. The van der Waals surface area contributed by atoms with E-state index in [0.717, 1.165) is 40.7 Å². The third-order valence-corrected chi connectivity index (χ3v) is 6.64. The van der Waals surface area contributed by atoms with Gasteiger partial charge in [-0.25, -0.2) is 9.78 Å². The van der Waals surface area contributed by atoms with Crippen molar-refractivity contribution in [2.24, 2.45) is 5.73 Å². The van der Waals surface area contributed by atoms with Crippen molar-refractivity contribution in [3.63, 3.8) is 0 Å². The maximum Gasteiger partial charge on any atom is 0.314 e. The molecule has 1 aliphatic heterocycles. The van der Waals surface area contributed by atoms with Crippen molar-refractivity contribution in [3.05, 3.63) is 48.4 Å². The molecule has 3 aromatic heterocycles. The van der Waals surface area contributed by atoms with Gasteiger partial charge in [-0.2, -0.15) is 4.98 Å². The van der Waals surface area contributed by atoms with E-state index in [1.807, 2.05) is 30.3 Å². The summed E-state index contributed by atoms with van der Waals surface area (Å²) in [5.74, 6) is 0.674. The van der Waals surface area contributed by atoms with Gasteiger partial charge in [-0.3, -0.25) is 4.90 Å². The number of urea groups is 1. The smallest absolute Gasteiger partial charge is 0.314 e. The number of likely N-dealkylation sites (tertiary alicyclic amines) is 1. The summed E-state index contributed by atoms with van der Waals surface area (Å²) in [5, 5.41) is 1.61. The van der Waals surface area contributed by atoms with Gasteiger partial charge in [-0.05, 0) is 37.2 Å². The second-order valence-corrected chi connectivity index (χ2v) is 8.61. The predicted octanol–water partition coefficient (Wildman–Crippen LogP) is 4.20. The Balaban J connectivity index is 1.32. The molecule has 2 N–H and O–H groups in total. The molecule has 1 aromatic carbocycles. The third kappa shape index (κ3) is 3.94. The molecule has 9 heteroatoms. The van der Waals surface area contributed by atoms with E-state index < -0.39 is 0 Å². The van der Waals surface area contributed by atoms with Crippen LogP contribution < -0.4 is 10.5 Å². The number of primary amides is 1. The van der Waals surface area contributed by atoms with Crippen molar-refractivity contribution in [1.82, 2.24) is 19.8 Å². The normalized spacial score (nSPS) is 16.6. The SMILES string of the molecule is CCN(Cc1coc2cc(Oc3nc4ncccc4s3)ccc12)C1CCN(C(N)=O)C1. The van der Waals surface area contributed by atoms with Gasteiger partial charge in [-0.1, -0.05) is 18.3 Å². The molecule has 160 valence electrons. The molecule has 2 amide bonds. The van der Waals surface area contributed by atoms with Crippen molar-refractivity contribution in [3.8, 4) is 10.9 Å². The summed E-state index contributed by atoms with van der Waals surface area (Å²) in [6.07, 6.45) is 4.46. The zero-order valence-electron chi connectivity index (χ0n) is 17.2. The van der Waals surface area contributed by atoms with Crippen LogP contribution in [-0.4, -0.2) is 51.5 Å². The lowest BCUT2D eigenvalue weighted by Crippen LogP contribution is -2.40. The number of rotatable bonds is 6. The minimum absolute atomic E-state index is 0.303. The summed E-state index contributed by atoms with van der Waals surface area (Å²) in [7, 11) is 0. The summed E-state index contributed by atoms with van der Waals surface area (Å²) < 4.78 is 12.8. The molecular formula is C22H23N5O3S. The fourth-order valence-corrected chi connectivity index (χ4v) is 4.90. The van der Waals surface area contributed by atoms with Crippen LogP contribution in [0.5, 0.6) is 10.9 Å². The topological polar surface area (TPSA) is 97.7 Å². The largest absolute Gasteiger partial charge is 0.464 e. The third-order valence-electron chi connectivity index (χ3n) is 5.75. The van der Waals surface area contributed by atoms with Crippen LogP contribution >= 0.6 is 11.3 Å². The van der Waals surface area contributed by atoms with E-state index >= 15 is 0 Å². The highest BCUT2D eigenvalue weighted by Gasteiger charge is 2.29. The maximum absolute atomic E-state index is 11.5. The number of nitrogens with two attached hydrogens (primary N) is 1. The Labute approximate surface area is 183 Å². The van der Waals surface area contributed by atoms with Gasteiger partial charge in [0.25, 0.3) is 5.19 Å². The van der Waals surface area contributed by atoms with Crippen LogP contribution in [0.4, 0.5) is 4.79 Å². The standard InChI is InChI=1S/C22H23N5O3S/c1-2-26(15-7-9-27(12-15)21(23)28)11-14-13-29-18-10-16(5-6-17(14)18)30-22-25-20-19(31-22)4-3-8-24-20/h3-6,8,10,13,15H,2,7,9,11-12H2,1H3,(H2,23,28). The van der Waals surface area contributed by atoms with Gasteiger partial charge in [-0.15, -0.1) is 0 Å². The molecule has 4 heterocycles. The quantitative estimate of drug-likeness (QED) is 0.485. The zero-order valence-corrected chi connectivity index (χ0v) is 18.0. The minimum atomic E-state index is -0.344. The summed E-state index contributed by atoms with van der Waals surface area (Å²) in [6.45, 7) is 5.16. The van der Waals surface area contributed by atoms with E-state index in [-0.39, 0.29) is 6.03 Å². The second kappa shape index (κ2) is 8.16. The molecule has 8 nitrogen and oxygen atoms in total. The molecule has 1 fully saturated rings. The predicted molar refractivity (Wildman–Crippen MR) is 119 cm³/mol. The number of hydrogen-bond acceptors (Lipinski definition) is 7. The lowest BCUT2D eigenvalue weighted by molar-refractivity contribution is 0.189. The molecule has 1 saturated heterocycles. The first-order valence-corrected chi connectivity index (χ1v) is 11.1. The average Bonchev–Trinajstić information content (AvgIpc) is 3.49. The number of thiazole rings is 1. The Morgan fingerprint density at radius 1 is 1.42 bits per heavy atom. The van der Waals surface area contributed by atoms with Crippen molar-refractivity contribution in [2.45, 2.75) is 25.9 Å². The number of benzene rings is 1. The number of ether oxygens (including phenoxy) is 1. The van der Waals surface area contributed by atoms with Crippen LogP contribution in [0, 0.1) is 0 Å². The fraction of sp³-hybridized carbons (Fsp3) is 0.318. The number of hydrogen-bond donors (Lipinski definition) is 1. The molecule has 4 aromatic rings. The van der Waals surface area contributed by atoms with Crippen LogP contribution in [0.1, 0.15) is 18.9 Å². The van der Waals surface area contributed by atoms with Gasteiger partial charge in [0.1, 0.15) is 11.3 Å². The molecule has 0 bridgehead atoms. The summed E-state index contributed by atoms with van der Waals surface area (Å²) in [6, 6.07) is 9.66. The maximum atomic E-state index is 11.5. The number of fused-ring (bicyclic) bond motifs is 2. The lowest BCUT2D eigenvalue weighted by atomic mass is 10.1. The summed E-state index contributed by atoms with van der Waals surface area (Å²) >= 11 is 1.46. The highest BCUT2D eigenvalue weighted by atomic mass is 32.1. The molecule has 31 heavy (non-hydrogen) atoms. The molecule has 0 radical (unpaired) electrons. The van der Waals surface area contributed by atoms with Crippen molar-refractivity contribution < 1.29 is 13.9 Å². The van der Waals surface area contributed by atoms with Crippen LogP contribution in [0.2, 0.25) is 0 Å². The molecular weight excluding hydrogens is 414 g/mol. The first kappa shape index (κ1) is 19.8. The minimum Gasteiger partial charge on any atom is -0.464 e. The van der Waals surface area contributed by atoms with E-state index in [1.54, 1.807) is 17.4 Å². The van der Waals surface area contributed by atoms with Gasteiger partial charge >= 0.3 is 6.03 Å². The molecule has 0 spiro atoms. The molecule has 0 aliphatic carbocycles. The number of nitrogens with zero attached hydrogens (tertiary/aromatic N) is 4. The van der Waals surface area contributed by atoms with Crippen LogP contribution in [-0.2, 0) is 6.54 Å². The second-order valence-electron chi connectivity index (χ2n) is 7.62. The Hall–Kier alpha value is -3.17. The fourth-order valence-electron chi connectivity index (χ4n) is 4.10. The molecule has 1 atom stereocenters. The molecule has 1 unspecified atom stereocenters. The monoisotopic (exact) mass is 437 g/mol. The van der Waals surface area contributed by atoms with E-state index in [2.05, 4.69) is 21.8 Å².